The smallest absolute Gasteiger partial charge is 0.138 e. The third-order valence-corrected chi connectivity index (χ3v) is 1.65. The van der Waals surface area contributed by atoms with E-state index in [0.29, 0.717) is 6.54 Å². The molecule has 0 bridgehead atoms. The molecular formula is C6H13N5O. The van der Waals surface area contributed by atoms with E-state index in [1.807, 2.05) is 13.8 Å². The molecule has 6 heteroatoms. The van der Waals surface area contributed by atoms with Gasteiger partial charge in [-0.1, -0.05) is 0 Å². The van der Waals surface area contributed by atoms with Crippen molar-refractivity contribution in [2.24, 2.45) is 5.90 Å². The molecule has 0 spiro atoms. The average molecular weight is 171 g/mol. The van der Waals surface area contributed by atoms with Crippen LogP contribution in [0.4, 0.5) is 0 Å². The van der Waals surface area contributed by atoms with Crippen molar-refractivity contribution < 1.29 is 4.84 Å². The van der Waals surface area contributed by atoms with Gasteiger partial charge in [0.2, 0.25) is 0 Å². The first kappa shape index (κ1) is 9.08. The molecule has 0 unspecified atom stereocenters. The molecule has 0 aliphatic carbocycles. The molecule has 0 aromatic carbocycles. The highest BCUT2D eigenvalue weighted by molar-refractivity contribution is 4.66. The minimum Gasteiger partial charge on any atom is -0.299 e. The van der Waals surface area contributed by atoms with Gasteiger partial charge in [0.25, 0.3) is 0 Å². The Morgan fingerprint density at radius 3 is 2.83 bits per heavy atom. The summed E-state index contributed by atoms with van der Waals surface area (Å²) in [7, 11) is 0. The molecule has 1 aromatic rings. The number of nitrogens with zero attached hydrogens (tertiary/aromatic N) is 4. The Kier molecular flexibility index (Phi) is 2.72. The molecule has 0 saturated carbocycles. The Labute approximate surface area is 70.6 Å². The molecule has 0 amide bonds. The van der Waals surface area contributed by atoms with Crippen LogP contribution in [0.1, 0.15) is 20.3 Å². The van der Waals surface area contributed by atoms with Crippen molar-refractivity contribution in [2.75, 3.05) is 0 Å². The Bertz CT molecular complexity index is 220. The lowest BCUT2D eigenvalue weighted by Crippen LogP contribution is -2.29. The van der Waals surface area contributed by atoms with Crippen molar-refractivity contribution in [1.82, 2.24) is 20.2 Å². The zero-order chi connectivity index (χ0) is 9.03. The summed E-state index contributed by atoms with van der Waals surface area (Å²) in [6.07, 6.45) is 2.33. The van der Waals surface area contributed by atoms with Crippen LogP contribution in [0.25, 0.3) is 0 Å². The fraction of sp³-hybridized carbons (Fsp3) is 0.833. The van der Waals surface area contributed by atoms with Crippen molar-refractivity contribution in [3.63, 3.8) is 0 Å². The Balaban J connectivity index is 2.36. The van der Waals surface area contributed by atoms with E-state index < -0.39 is 0 Å². The van der Waals surface area contributed by atoms with Crippen LogP contribution in [0.15, 0.2) is 6.33 Å². The van der Waals surface area contributed by atoms with Gasteiger partial charge in [0.05, 0.1) is 5.60 Å². The van der Waals surface area contributed by atoms with Gasteiger partial charge >= 0.3 is 0 Å². The topological polar surface area (TPSA) is 78.8 Å². The number of aromatic nitrogens is 4. The highest BCUT2D eigenvalue weighted by Gasteiger charge is 2.17. The number of hydrogen-bond donors (Lipinski definition) is 1. The van der Waals surface area contributed by atoms with Crippen LogP contribution in [0.3, 0.4) is 0 Å². The van der Waals surface area contributed by atoms with Gasteiger partial charge in [-0.3, -0.25) is 4.84 Å². The SMILES string of the molecule is CC(C)(CCn1cnnn1)ON. The Hall–Kier alpha value is -1.01. The lowest BCUT2D eigenvalue weighted by Gasteiger charge is -2.20. The van der Waals surface area contributed by atoms with Crippen LogP contribution in [-0.2, 0) is 11.4 Å². The van der Waals surface area contributed by atoms with Crippen LogP contribution in [0, 0.1) is 0 Å². The van der Waals surface area contributed by atoms with Crippen LogP contribution in [0.2, 0.25) is 0 Å². The molecule has 68 valence electrons. The fourth-order valence-corrected chi connectivity index (χ4v) is 0.725. The molecule has 1 heterocycles. The molecule has 0 fully saturated rings. The zero-order valence-electron chi connectivity index (χ0n) is 7.27. The van der Waals surface area contributed by atoms with Gasteiger partial charge in [-0.15, -0.1) is 5.10 Å². The third-order valence-electron chi connectivity index (χ3n) is 1.65. The summed E-state index contributed by atoms with van der Waals surface area (Å²) in [6, 6.07) is 0. The summed E-state index contributed by atoms with van der Waals surface area (Å²) < 4.78 is 1.64. The Morgan fingerprint density at radius 2 is 2.33 bits per heavy atom. The molecule has 12 heavy (non-hydrogen) atoms. The standard InChI is InChI=1S/C6H13N5O/c1-6(2,12-7)3-4-11-5-8-9-10-11/h5H,3-4,7H2,1-2H3. The van der Waals surface area contributed by atoms with Crippen molar-refractivity contribution in [3.05, 3.63) is 6.33 Å². The summed E-state index contributed by atoms with van der Waals surface area (Å²) >= 11 is 0. The molecule has 2 N–H and O–H groups in total. The largest absolute Gasteiger partial charge is 0.299 e. The summed E-state index contributed by atoms with van der Waals surface area (Å²) in [6.45, 7) is 4.53. The molecule has 1 aromatic heterocycles. The zero-order valence-corrected chi connectivity index (χ0v) is 7.27. The maximum Gasteiger partial charge on any atom is 0.138 e. The summed E-state index contributed by atoms with van der Waals surface area (Å²) in [4.78, 5) is 4.75. The average Bonchev–Trinajstić information content (AvgIpc) is 2.53. The van der Waals surface area contributed by atoms with Gasteiger partial charge in [-0.25, -0.2) is 10.6 Å². The molecule has 1 rings (SSSR count). The quantitative estimate of drug-likeness (QED) is 0.631. The van der Waals surface area contributed by atoms with Gasteiger partial charge in [0, 0.05) is 6.54 Å². The second kappa shape index (κ2) is 3.59. The lowest BCUT2D eigenvalue weighted by atomic mass is 10.1. The third kappa shape index (κ3) is 2.55. The number of nitrogens with two attached hydrogens (primary N) is 1. The molecule has 0 aliphatic heterocycles. The van der Waals surface area contributed by atoms with Crippen molar-refractivity contribution in [1.29, 1.82) is 0 Å². The van der Waals surface area contributed by atoms with Gasteiger partial charge in [0.15, 0.2) is 0 Å². The van der Waals surface area contributed by atoms with E-state index in [-0.39, 0.29) is 5.60 Å². The predicted octanol–water partition coefficient (Wildman–Crippen LogP) is -0.268. The van der Waals surface area contributed by atoms with Crippen LogP contribution >= 0.6 is 0 Å². The summed E-state index contributed by atoms with van der Waals surface area (Å²) in [5.41, 5.74) is -0.327. The van der Waals surface area contributed by atoms with Gasteiger partial charge < -0.3 is 0 Å². The molecule has 6 nitrogen and oxygen atoms in total. The van der Waals surface area contributed by atoms with E-state index in [0.717, 1.165) is 6.42 Å². The minimum absolute atomic E-state index is 0.327. The van der Waals surface area contributed by atoms with E-state index in [4.69, 9.17) is 10.7 Å². The van der Waals surface area contributed by atoms with Crippen molar-refractivity contribution >= 4 is 0 Å². The minimum atomic E-state index is -0.327. The monoisotopic (exact) mass is 171 g/mol. The lowest BCUT2D eigenvalue weighted by molar-refractivity contribution is -0.0286. The highest BCUT2D eigenvalue weighted by Crippen LogP contribution is 2.11. The van der Waals surface area contributed by atoms with Gasteiger partial charge in [0.1, 0.15) is 6.33 Å². The number of tetrazole rings is 1. The summed E-state index contributed by atoms with van der Waals surface area (Å²) in [5, 5.41) is 10.7. The molecule has 0 atom stereocenters. The highest BCUT2D eigenvalue weighted by atomic mass is 16.6. The van der Waals surface area contributed by atoms with Crippen LogP contribution < -0.4 is 5.90 Å². The predicted molar refractivity (Wildman–Crippen MR) is 41.8 cm³/mol. The van der Waals surface area contributed by atoms with E-state index in [1.165, 1.54) is 0 Å². The maximum atomic E-state index is 5.08. The van der Waals surface area contributed by atoms with E-state index in [9.17, 15) is 0 Å². The number of aryl methyl sites for hydroxylation is 1. The van der Waals surface area contributed by atoms with Crippen LogP contribution in [0.5, 0.6) is 0 Å². The van der Waals surface area contributed by atoms with E-state index in [2.05, 4.69) is 15.5 Å². The molecule has 0 radical (unpaired) electrons. The molecular weight excluding hydrogens is 158 g/mol. The first-order chi connectivity index (χ1) is 5.64. The summed E-state index contributed by atoms with van der Waals surface area (Å²) in [5.74, 6) is 5.08. The van der Waals surface area contributed by atoms with E-state index >= 15 is 0 Å². The molecule has 0 aliphatic rings. The first-order valence-electron chi connectivity index (χ1n) is 3.73. The van der Waals surface area contributed by atoms with Crippen molar-refractivity contribution in [2.45, 2.75) is 32.4 Å². The molecule has 0 saturated heterocycles. The second-order valence-corrected chi connectivity index (χ2v) is 3.20. The maximum absolute atomic E-state index is 5.08. The normalized spacial score (nSPS) is 11.9. The van der Waals surface area contributed by atoms with Crippen LogP contribution in [-0.4, -0.2) is 25.8 Å². The Morgan fingerprint density at radius 1 is 1.58 bits per heavy atom. The first-order valence-corrected chi connectivity index (χ1v) is 3.73. The fourth-order valence-electron chi connectivity index (χ4n) is 0.725. The number of hydrogen-bond acceptors (Lipinski definition) is 5. The van der Waals surface area contributed by atoms with Crippen molar-refractivity contribution in [3.8, 4) is 0 Å². The second-order valence-electron chi connectivity index (χ2n) is 3.20. The van der Waals surface area contributed by atoms with Gasteiger partial charge in [-0.05, 0) is 30.7 Å². The van der Waals surface area contributed by atoms with E-state index in [1.54, 1.807) is 11.0 Å². The number of rotatable bonds is 4. The van der Waals surface area contributed by atoms with Gasteiger partial charge in [-0.2, -0.15) is 0 Å².